The van der Waals surface area contributed by atoms with Gasteiger partial charge in [0.2, 0.25) is 0 Å². The highest BCUT2D eigenvalue weighted by molar-refractivity contribution is 7.12. The molecular formula is C8H9N3S. The van der Waals surface area contributed by atoms with E-state index in [9.17, 15) is 0 Å². The lowest BCUT2D eigenvalue weighted by Crippen LogP contribution is -1.99. The third kappa shape index (κ3) is 1.83. The van der Waals surface area contributed by atoms with Crippen LogP contribution in [0.5, 0.6) is 0 Å². The molecule has 62 valence electrons. The molecule has 1 rings (SSSR count). The van der Waals surface area contributed by atoms with Gasteiger partial charge < -0.3 is 5.32 Å². The maximum absolute atomic E-state index is 8.69. The molecule has 3 nitrogen and oxygen atoms in total. The normalized spacial score (nSPS) is 9.00. The molecule has 4 heteroatoms. The standard InChI is InChI=1S/C8H9N3S/c1-3-4-10-8-7(5-9)12-6(2)11-8/h3,10H,1,4H2,2H3. The Kier molecular flexibility index (Phi) is 2.83. The number of aryl methyl sites for hydroxylation is 1. The monoisotopic (exact) mass is 179 g/mol. The molecule has 0 amide bonds. The van der Waals surface area contributed by atoms with Crippen molar-refractivity contribution in [3.05, 3.63) is 22.5 Å². The van der Waals surface area contributed by atoms with E-state index in [1.54, 1.807) is 6.08 Å². The van der Waals surface area contributed by atoms with Gasteiger partial charge in [-0.2, -0.15) is 5.26 Å². The van der Waals surface area contributed by atoms with Crippen LogP contribution in [-0.2, 0) is 0 Å². The average molecular weight is 179 g/mol. The summed E-state index contributed by atoms with van der Waals surface area (Å²) in [5, 5.41) is 12.6. The molecular weight excluding hydrogens is 170 g/mol. The Morgan fingerprint density at radius 1 is 1.83 bits per heavy atom. The Bertz CT molecular complexity index is 322. The number of hydrogen-bond donors (Lipinski definition) is 1. The minimum Gasteiger partial charge on any atom is -0.365 e. The number of anilines is 1. The van der Waals surface area contributed by atoms with Crippen molar-refractivity contribution >= 4 is 17.2 Å². The number of nitriles is 1. The lowest BCUT2D eigenvalue weighted by Gasteiger charge is -1.96. The quantitative estimate of drug-likeness (QED) is 0.721. The van der Waals surface area contributed by atoms with E-state index < -0.39 is 0 Å². The molecule has 0 aliphatic heterocycles. The van der Waals surface area contributed by atoms with Crippen molar-refractivity contribution in [1.82, 2.24) is 4.98 Å². The van der Waals surface area contributed by atoms with E-state index in [-0.39, 0.29) is 0 Å². The lowest BCUT2D eigenvalue weighted by molar-refractivity contribution is 1.22. The second kappa shape index (κ2) is 3.88. The second-order valence-corrected chi connectivity index (χ2v) is 3.40. The molecule has 1 aromatic heterocycles. The SMILES string of the molecule is C=CCNc1nc(C)sc1C#N. The first-order valence-corrected chi connectivity index (χ1v) is 4.32. The van der Waals surface area contributed by atoms with Crippen LogP contribution in [0.4, 0.5) is 5.82 Å². The molecule has 0 spiro atoms. The molecule has 0 aliphatic rings. The number of nitrogens with one attached hydrogen (secondary N) is 1. The van der Waals surface area contributed by atoms with E-state index >= 15 is 0 Å². The fourth-order valence-electron chi connectivity index (χ4n) is 0.792. The van der Waals surface area contributed by atoms with Crippen LogP contribution in [-0.4, -0.2) is 11.5 Å². The van der Waals surface area contributed by atoms with E-state index in [0.717, 1.165) is 5.01 Å². The molecule has 0 aliphatic carbocycles. The number of thiazole rings is 1. The first-order valence-electron chi connectivity index (χ1n) is 3.50. The third-order valence-corrected chi connectivity index (χ3v) is 2.12. The predicted octanol–water partition coefficient (Wildman–Crippen LogP) is 1.92. The van der Waals surface area contributed by atoms with Crippen LogP contribution in [0, 0.1) is 18.3 Å². The zero-order valence-electron chi connectivity index (χ0n) is 6.79. The van der Waals surface area contributed by atoms with Gasteiger partial charge in [0.05, 0.1) is 5.01 Å². The summed E-state index contributed by atoms with van der Waals surface area (Å²) in [5.74, 6) is 0.667. The number of hydrogen-bond acceptors (Lipinski definition) is 4. The van der Waals surface area contributed by atoms with Crippen LogP contribution in [0.2, 0.25) is 0 Å². The van der Waals surface area contributed by atoms with E-state index in [1.165, 1.54) is 11.3 Å². The molecule has 1 heterocycles. The highest BCUT2D eigenvalue weighted by Crippen LogP contribution is 2.20. The molecule has 0 saturated heterocycles. The van der Waals surface area contributed by atoms with Gasteiger partial charge >= 0.3 is 0 Å². The summed E-state index contributed by atoms with van der Waals surface area (Å²) in [6, 6.07) is 2.08. The van der Waals surface area contributed by atoms with Gasteiger partial charge in [0.15, 0.2) is 5.82 Å². The van der Waals surface area contributed by atoms with Crippen molar-refractivity contribution in [2.75, 3.05) is 11.9 Å². The van der Waals surface area contributed by atoms with Gasteiger partial charge in [-0.1, -0.05) is 6.08 Å². The molecule has 0 fully saturated rings. The topological polar surface area (TPSA) is 48.7 Å². The minimum atomic E-state index is 0.634. The summed E-state index contributed by atoms with van der Waals surface area (Å²) in [4.78, 5) is 4.79. The van der Waals surface area contributed by atoms with Crippen LogP contribution < -0.4 is 5.32 Å². The highest BCUT2D eigenvalue weighted by Gasteiger charge is 2.05. The number of nitrogens with zero attached hydrogens (tertiary/aromatic N) is 2. The second-order valence-electron chi connectivity index (χ2n) is 2.19. The maximum atomic E-state index is 8.69. The van der Waals surface area contributed by atoms with Gasteiger partial charge in [-0.3, -0.25) is 0 Å². The van der Waals surface area contributed by atoms with Crippen molar-refractivity contribution in [2.45, 2.75) is 6.92 Å². The number of aromatic nitrogens is 1. The van der Waals surface area contributed by atoms with E-state index in [2.05, 4.69) is 22.9 Å². The Hall–Kier alpha value is -1.34. The van der Waals surface area contributed by atoms with Gasteiger partial charge in [-0.05, 0) is 6.92 Å². The molecule has 1 N–H and O–H groups in total. The maximum Gasteiger partial charge on any atom is 0.155 e. The molecule has 0 atom stereocenters. The predicted molar refractivity (Wildman–Crippen MR) is 50.3 cm³/mol. The van der Waals surface area contributed by atoms with Crippen LogP contribution in [0.15, 0.2) is 12.7 Å². The first-order chi connectivity index (χ1) is 5.77. The Morgan fingerprint density at radius 3 is 3.17 bits per heavy atom. The first kappa shape index (κ1) is 8.75. The minimum absolute atomic E-state index is 0.634. The average Bonchev–Trinajstić information content (AvgIpc) is 2.42. The molecule has 0 bridgehead atoms. The van der Waals surface area contributed by atoms with Crippen LogP contribution in [0.3, 0.4) is 0 Å². The van der Waals surface area contributed by atoms with Gasteiger partial charge in [0.25, 0.3) is 0 Å². The summed E-state index contributed by atoms with van der Waals surface area (Å²) >= 11 is 1.40. The van der Waals surface area contributed by atoms with Gasteiger partial charge in [0, 0.05) is 6.54 Å². The molecule has 0 unspecified atom stereocenters. The van der Waals surface area contributed by atoms with Crippen LogP contribution >= 0.6 is 11.3 Å². The summed E-state index contributed by atoms with van der Waals surface area (Å²) in [6.45, 7) is 6.08. The van der Waals surface area contributed by atoms with Crippen LogP contribution in [0.1, 0.15) is 9.88 Å². The Morgan fingerprint density at radius 2 is 2.58 bits per heavy atom. The van der Waals surface area contributed by atoms with Crippen molar-refractivity contribution in [2.24, 2.45) is 0 Å². The molecule has 0 saturated carbocycles. The zero-order valence-corrected chi connectivity index (χ0v) is 7.61. The van der Waals surface area contributed by atoms with E-state index in [4.69, 9.17) is 5.26 Å². The molecule has 1 aromatic rings. The summed E-state index contributed by atoms with van der Waals surface area (Å²) in [6.07, 6.45) is 1.73. The van der Waals surface area contributed by atoms with Crippen molar-refractivity contribution in [1.29, 1.82) is 5.26 Å². The van der Waals surface area contributed by atoms with Crippen molar-refractivity contribution in [3.8, 4) is 6.07 Å². The molecule has 0 radical (unpaired) electrons. The van der Waals surface area contributed by atoms with Gasteiger partial charge in [-0.25, -0.2) is 4.98 Å². The van der Waals surface area contributed by atoms with E-state index in [1.807, 2.05) is 6.92 Å². The highest BCUT2D eigenvalue weighted by atomic mass is 32.1. The Labute approximate surface area is 75.4 Å². The largest absolute Gasteiger partial charge is 0.365 e. The fraction of sp³-hybridized carbons (Fsp3) is 0.250. The summed E-state index contributed by atoms with van der Waals surface area (Å²) in [5.41, 5.74) is 0. The van der Waals surface area contributed by atoms with E-state index in [0.29, 0.717) is 17.2 Å². The smallest absolute Gasteiger partial charge is 0.155 e. The van der Waals surface area contributed by atoms with Crippen molar-refractivity contribution in [3.63, 3.8) is 0 Å². The van der Waals surface area contributed by atoms with Gasteiger partial charge in [-0.15, -0.1) is 17.9 Å². The zero-order chi connectivity index (χ0) is 8.97. The van der Waals surface area contributed by atoms with Crippen molar-refractivity contribution < 1.29 is 0 Å². The number of rotatable bonds is 3. The third-order valence-electron chi connectivity index (χ3n) is 1.25. The lowest BCUT2D eigenvalue weighted by atomic mass is 10.5. The van der Waals surface area contributed by atoms with Gasteiger partial charge in [0.1, 0.15) is 10.9 Å². The fourth-order valence-corrected chi connectivity index (χ4v) is 1.48. The molecule has 12 heavy (non-hydrogen) atoms. The summed E-state index contributed by atoms with van der Waals surface area (Å²) in [7, 11) is 0. The molecule has 0 aromatic carbocycles. The van der Waals surface area contributed by atoms with Crippen LogP contribution in [0.25, 0.3) is 0 Å². The summed E-state index contributed by atoms with van der Waals surface area (Å²) < 4.78 is 0. The Balaban J connectivity index is 2.83.